The molecule has 0 atom stereocenters. The fourth-order valence-corrected chi connectivity index (χ4v) is 6.69. The van der Waals surface area contributed by atoms with Gasteiger partial charge in [-0.3, -0.25) is 37.8 Å². The number of nitrogens with one attached hydrogen (secondary N) is 1. The van der Waals surface area contributed by atoms with E-state index in [1.54, 1.807) is 48.5 Å². The molecule has 0 radical (unpaired) electrons. The van der Waals surface area contributed by atoms with Gasteiger partial charge in [-0.15, -0.1) is 0 Å². The summed E-state index contributed by atoms with van der Waals surface area (Å²) in [6.45, 7) is 1.63. The van der Waals surface area contributed by atoms with E-state index in [1.165, 1.54) is 36.4 Å². The number of amides is 3. The number of hydrogen-bond donors (Lipinski definition) is 1. The first kappa shape index (κ1) is 35.5. The van der Waals surface area contributed by atoms with Crippen molar-refractivity contribution >= 4 is 74.9 Å². The molecule has 1 aliphatic rings. The van der Waals surface area contributed by atoms with Gasteiger partial charge in [0.2, 0.25) is 5.91 Å². The van der Waals surface area contributed by atoms with Crippen LogP contribution in [0.3, 0.4) is 0 Å². The highest BCUT2D eigenvalue weighted by atomic mass is 35.5. The van der Waals surface area contributed by atoms with Gasteiger partial charge >= 0.3 is 11.7 Å². The highest BCUT2D eigenvalue weighted by Gasteiger charge is 2.36. The molecule has 51 heavy (non-hydrogen) atoms. The lowest BCUT2D eigenvalue weighted by Gasteiger charge is -2.14. The van der Waals surface area contributed by atoms with Gasteiger partial charge in [-0.25, -0.2) is 4.79 Å². The molecule has 6 rings (SSSR count). The van der Waals surface area contributed by atoms with Crippen LogP contribution in [0.4, 0.5) is 10.5 Å². The minimum absolute atomic E-state index is 0.0268. The lowest BCUT2D eigenvalue weighted by molar-refractivity contribution is -0.127. The minimum atomic E-state index is -0.609. The van der Waals surface area contributed by atoms with Crippen molar-refractivity contribution in [3.05, 3.63) is 113 Å². The summed E-state index contributed by atoms with van der Waals surface area (Å²) in [6.07, 6.45) is 2.36. The molecule has 262 valence electrons. The average Bonchev–Trinajstić information content (AvgIpc) is 3.59. The van der Waals surface area contributed by atoms with Crippen molar-refractivity contribution in [2.75, 3.05) is 19.0 Å². The van der Waals surface area contributed by atoms with Crippen LogP contribution in [-0.2, 0) is 36.6 Å². The largest absolute Gasteiger partial charge is 0.493 e. The predicted octanol–water partition coefficient (Wildman–Crippen LogP) is 5.83. The molecule has 0 bridgehead atoms. The molecule has 0 saturated carbocycles. The van der Waals surface area contributed by atoms with Gasteiger partial charge in [0.15, 0.2) is 22.7 Å². The number of hydrogen-bond acceptors (Lipinski definition) is 9. The van der Waals surface area contributed by atoms with E-state index in [2.05, 4.69) is 10.3 Å². The molecule has 5 aromatic rings. The van der Waals surface area contributed by atoms with Gasteiger partial charge in [0.25, 0.3) is 16.7 Å². The number of imide groups is 1. The fourth-order valence-electron chi connectivity index (χ4n) is 5.38. The number of methoxy groups -OCH3 is 1. The van der Waals surface area contributed by atoms with Crippen molar-refractivity contribution in [1.29, 1.82) is 0 Å². The Kier molecular flexibility index (Phi) is 10.1. The van der Waals surface area contributed by atoms with E-state index in [9.17, 15) is 24.0 Å². The smallest absolute Gasteiger partial charge is 0.332 e. The van der Waals surface area contributed by atoms with Crippen LogP contribution in [0.2, 0.25) is 10.0 Å². The molecular formula is C35H30Cl2N6O7S. The van der Waals surface area contributed by atoms with Crippen molar-refractivity contribution in [2.24, 2.45) is 14.1 Å². The van der Waals surface area contributed by atoms with Gasteiger partial charge in [-0.05, 0) is 77.3 Å². The maximum absolute atomic E-state index is 13.4. The highest BCUT2D eigenvalue weighted by molar-refractivity contribution is 8.18. The van der Waals surface area contributed by atoms with E-state index in [4.69, 9.17) is 32.7 Å². The summed E-state index contributed by atoms with van der Waals surface area (Å²) in [5, 5.41) is 2.92. The number of imidazole rings is 1. The Morgan fingerprint density at radius 3 is 2.39 bits per heavy atom. The van der Waals surface area contributed by atoms with Crippen LogP contribution in [0.15, 0.2) is 75.2 Å². The summed E-state index contributed by atoms with van der Waals surface area (Å²) < 4.78 is 15.5. The van der Waals surface area contributed by atoms with E-state index in [0.29, 0.717) is 38.6 Å². The Labute approximate surface area is 305 Å². The van der Waals surface area contributed by atoms with Crippen LogP contribution in [0.25, 0.3) is 17.2 Å². The molecular weight excluding hydrogens is 719 g/mol. The molecule has 3 amide bonds. The van der Waals surface area contributed by atoms with Crippen LogP contribution >= 0.6 is 35.0 Å². The standard InChI is InChI=1S/C35H30Cl2N6O7S/c1-5-19-6-11-23(12-7-19)38-28(44)18-43-31(45)27(51-35(43)48)15-20-8-13-25(26(14-20)49-4)50-33-39-30-29(32(46)41(3)34(47)40(30)2)42(33)17-21-9-10-22(36)16-24(21)37/h6-16H,5,17-18H2,1-4H3,(H,38,44)/b27-15-. The number of fused-ring (bicyclic) bond motifs is 1. The number of rotatable bonds is 10. The number of carbonyl (C=O) groups excluding carboxylic acids is 3. The molecule has 1 aliphatic heterocycles. The van der Waals surface area contributed by atoms with Gasteiger partial charge in [-0.2, -0.15) is 4.98 Å². The number of ether oxygens (including phenoxy) is 2. The second kappa shape index (κ2) is 14.5. The molecule has 0 unspecified atom stereocenters. The summed E-state index contributed by atoms with van der Waals surface area (Å²) in [4.78, 5) is 70.2. The lowest BCUT2D eigenvalue weighted by Crippen LogP contribution is -2.37. The van der Waals surface area contributed by atoms with Crippen molar-refractivity contribution in [3.63, 3.8) is 0 Å². The first-order chi connectivity index (χ1) is 24.4. The fraction of sp³-hybridized carbons (Fsp3) is 0.200. The number of thioether (sulfide) groups is 1. The molecule has 3 aromatic carbocycles. The third-order valence-corrected chi connectivity index (χ3v) is 9.66. The molecule has 1 N–H and O–H groups in total. The van der Waals surface area contributed by atoms with Crippen LogP contribution < -0.4 is 26.0 Å². The van der Waals surface area contributed by atoms with E-state index in [-0.39, 0.29) is 40.1 Å². The highest BCUT2D eigenvalue weighted by Crippen LogP contribution is 2.37. The number of halogens is 2. The maximum Gasteiger partial charge on any atom is 0.332 e. The Bertz CT molecular complexity index is 2380. The predicted molar refractivity (Wildman–Crippen MR) is 196 cm³/mol. The lowest BCUT2D eigenvalue weighted by atomic mass is 10.1. The van der Waals surface area contributed by atoms with Crippen LogP contribution in [-0.4, -0.2) is 54.3 Å². The number of aromatic nitrogens is 4. The first-order valence-corrected chi connectivity index (χ1v) is 17.1. The number of benzene rings is 3. The van der Waals surface area contributed by atoms with Crippen molar-refractivity contribution in [1.82, 2.24) is 23.6 Å². The van der Waals surface area contributed by atoms with Crippen molar-refractivity contribution in [2.45, 2.75) is 19.9 Å². The Hall–Kier alpha value is -5.31. The zero-order valence-corrected chi connectivity index (χ0v) is 30.1. The molecule has 13 nitrogen and oxygen atoms in total. The summed E-state index contributed by atoms with van der Waals surface area (Å²) in [7, 11) is 4.29. The third kappa shape index (κ3) is 7.16. The van der Waals surface area contributed by atoms with E-state index < -0.39 is 34.8 Å². The van der Waals surface area contributed by atoms with Gasteiger partial charge in [0.1, 0.15) is 6.54 Å². The monoisotopic (exact) mass is 748 g/mol. The number of carbonyl (C=O) groups is 3. The summed E-state index contributed by atoms with van der Waals surface area (Å²) in [6, 6.07) is 17.0. The van der Waals surface area contributed by atoms with E-state index in [0.717, 1.165) is 21.5 Å². The van der Waals surface area contributed by atoms with Crippen molar-refractivity contribution in [3.8, 4) is 17.5 Å². The minimum Gasteiger partial charge on any atom is -0.493 e. The number of nitrogens with zero attached hydrogens (tertiary/aromatic N) is 5. The molecule has 16 heteroatoms. The van der Waals surface area contributed by atoms with Crippen LogP contribution in [0.1, 0.15) is 23.6 Å². The molecule has 1 fully saturated rings. The van der Waals surface area contributed by atoms with E-state index >= 15 is 0 Å². The van der Waals surface area contributed by atoms with Crippen LogP contribution in [0, 0.1) is 0 Å². The van der Waals surface area contributed by atoms with Gasteiger partial charge < -0.3 is 14.8 Å². The zero-order valence-electron chi connectivity index (χ0n) is 27.7. The average molecular weight is 750 g/mol. The summed E-state index contributed by atoms with van der Waals surface area (Å²) in [5.74, 6) is -0.677. The Balaban J connectivity index is 1.27. The van der Waals surface area contributed by atoms with Crippen LogP contribution in [0.5, 0.6) is 17.5 Å². The quantitative estimate of drug-likeness (QED) is 0.174. The van der Waals surface area contributed by atoms with Gasteiger partial charge in [0.05, 0.1) is 18.6 Å². The first-order valence-electron chi connectivity index (χ1n) is 15.5. The number of anilines is 1. The molecule has 0 aliphatic carbocycles. The zero-order chi connectivity index (χ0) is 36.6. The topological polar surface area (TPSA) is 147 Å². The van der Waals surface area contributed by atoms with Gasteiger partial charge in [0, 0.05) is 29.8 Å². The molecule has 0 spiro atoms. The Morgan fingerprint density at radius 1 is 0.961 bits per heavy atom. The summed E-state index contributed by atoms with van der Waals surface area (Å²) in [5.41, 5.74) is 1.84. The van der Waals surface area contributed by atoms with E-state index in [1.807, 2.05) is 19.1 Å². The summed E-state index contributed by atoms with van der Waals surface area (Å²) >= 11 is 13.3. The van der Waals surface area contributed by atoms with Gasteiger partial charge in [-0.1, -0.05) is 54.4 Å². The second-order valence-electron chi connectivity index (χ2n) is 11.5. The second-order valence-corrected chi connectivity index (χ2v) is 13.3. The van der Waals surface area contributed by atoms with Crippen molar-refractivity contribution < 1.29 is 23.9 Å². The maximum atomic E-state index is 13.4. The normalized spacial score (nSPS) is 13.8. The Morgan fingerprint density at radius 2 is 1.71 bits per heavy atom. The molecule has 2 aromatic heterocycles. The third-order valence-electron chi connectivity index (χ3n) is 8.16. The molecule has 3 heterocycles. The SMILES string of the molecule is CCc1ccc(NC(=O)CN2C(=O)S/C(=C\c3ccc(Oc4nc5c(c(=O)n(C)c(=O)n5C)n4Cc4ccc(Cl)cc4Cl)c(OC)c3)C2=O)cc1. The molecule has 1 saturated heterocycles. The number of aryl methyl sites for hydroxylation is 2.